The lowest BCUT2D eigenvalue weighted by molar-refractivity contribution is -0.121. The number of rotatable bonds is 13. The van der Waals surface area contributed by atoms with Crippen LogP contribution in [0.2, 0.25) is 0 Å². The monoisotopic (exact) mass is 344 g/mol. The summed E-state index contributed by atoms with van der Waals surface area (Å²) >= 11 is 0. The maximum atomic E-state index is 11.9. The van der Waals surface area contributed by atoms with E-state index in [1.54, 1.807) is 0 Å². The predicted octanol–water partition coefficient (Wildman–Crippen LogP) is 6.15. The second kappa shape index (κ2) is 13.6. The Balaban J connectivity index is 2.17. The highest BCUT2D eigenvalue weighted by atomic mass is 16.2. The summed E-state index contributed by atoms with van der Waals surface area (Å²) < 4.78 is 0. The highest BCUT2D eigenvalue weighted by molar-refractivity contribution is 6.00. The summed E-state index contributed by atoms with van der Waals surface area (Å²) in [5.41, 5.74) is 5.96. The zero-order valence-corrected chi connectivity index (χ0v) is 16.4. The van der Waals surface area contributed by atoms with Crippen molar-refractivity contribution in [3.8, 4) is 0 Å². The van der Waals surface area contributed by atoms with Gasteiger partial charge >= 0.3 is 0 Å². The number of nitrogens with zero attached hydrogens (tertiary/aromatic N) is 1. The number of amides is 1. The van der Waals surface area contributed by atoms with Gasteiger partial charge < -0.3 is 0 Å². The minimum atomic E-state index is 0.0287. The van der Waals surface area contributed by atoms with E-state index in [9.17, 15) is 4.79 Å². The molecular weight excluding hydrogens is 308 g/mol. The minimum absolute atomic E-state index is 0.0287. The Morgan fingerprint density at radius 1 is 0.880 bits per heavy atom. The largest absolute Gasteiger partial charge is 0.273 e. The topological polar surface area (TPSA) is 41.5 Å². The van der Waals surface area contributed by atoms with Crippen LogP contribution in [-0.4, -0.2) is 11.6 Å². The van der Waals surface area contributed by atoms with Crippen molar-refractivity contribution in [1.82, 2.24) is 5.43 Å². The van der Waals surface area contributed by atoms with Gasteiger partial charge in [0.2, 0.25) is 5.91 Å². The van der Waals surface area contributed by atoms with Crippen LogP contribution in [0.3, 0.4) is 0 Å². The van der Waals surface area contributed by atoms with E-state index in [0.717, 1.165) is 30.5 Å². The molecule has 0 aliphatic heterocycles. The normalized spacial score (nSPS) is 11.6. The Morgan fingerprint density at radius 3 is 2.00 bits per heavy atom. The van der Waals surface area contributed by atoms with Crippen molar-refractivity contribution in [2.24, 2.45) is 5.10 Å². The molecule has 1 aromatic rings. The van der Waals surface area contributed by atoms with Crippen molar-refractivity contribution in [3.63, 3.8) is 0 Å². The molecule has 1 aromatic carbocycles. The number of unbranched alkanes of at least 4 members (excludes halogenated alkanes) is 8. The molecule has 1 amide bonds. The molecule has 0 aliphatic carbocycles. The number of hydrazone groups is 1. The SMILES string of the molecule is CCCCCCCCCCCC(=O)NN=C(CC)c1ccc(C)cc1. The molecule has 0 unspecified atom stereocenters. The van der Waals surface area contributed by atoms with E-state index < -0.39 is 0 Å². The van der Waals surface area contributed by atoms with Gasteiger partial charge in [0.05, 0.1) is 5.71 Å². The minimum Gasteiger partial charge on any atom is -0.273 e. The standard InChI is InChI=1S/C22H36N2O/c1-4-6-7-8-9-10-11-12-13-14-22(25)24-23-21(5-2)20-17-15-19(3)16-18-20/h15-18H,4-14H2,1-3H3,(H,24,25). The van der Waals surface area contributed by atoms with Crippen molar-refractivity contribution in [3.05, 3.63) is 35.4 Å². The molecule has 140 valence electrons. The maximum Gasteiger partial charge on any atom is 0.240 e. The van der Waals surface area contributed by atoms with Crippen molar-refractivity contribution in [2.75, 3.05) is 0 Å². The van der Waals surface area contributed by atoms with Crippen LogP contribution in [0.25, 0.3) is 0 Å². The third kappa shape index (κ3) is 10.1. The zero-order chi connectivity index (χ0) is 18.3. The van der Waals surface area contributed by atoms with Crippen LogP contribution in [-0.2, 0) is 4.79 Å². The average Bonchev–Trinajstić information content (AvgIpc) is 2.62. The van der Waals surface area contributed by atoms with Crippen LogP contribution in [0.5, 0.6) is 0 Å². The number of nitrogens with one attached hydrogen (secondary N) is 1. The quantitative estimate of drug-likeness (QED) is 0.260. The van der Waals surface area contributed by atoms with Gasteiger partial charge in [-0.25, -0.2) is 5.43 Å². The first-order valence-electron chi connectivity index (χ1n) is 10.1. The lowest BCUT2D eigenvalue weighted by Gasteiger charge is -2.06. The lowest BCUT2D eigenvalue weighted by Crippen LogP contribution is -2.19. The predicted molar refractivity (Wildman–Crippen MR) is 108 cm³/mol. The van der Waals surface area contributed by atoms with Gasteiger partial charge in [0, 0.05) is 6.42 Å². The van der Waals surface area contributed by atoms with Crippen LogP contribution < -0.4 is 5.43 Å². The molecular formula is C22H36N2O. The van der Waals surface area contributed by atoms with Gasteiger partial charge in [0.25, 0.3) is 0 Å². The molecule has 3 heteroatoms. The fourth-order valence-corrected chi connectivity index (χ4v) is 2.88. The Hall–Kier alpha value is -1.64. The number of aryl methyl sites for hydroxylation is 1. The first-order valence-corrected chi connectivity index (χ1v) is 10.1. The highest BCUT2D eigenvalue weighted by Crippen LogP contribution is 2.10. The molecule has 1 N–H and O–H groups in total. The van der Waals surface area contributed by atoms with E-state index in [4.69, 9.17) is 0 Å². The summed E-state index contributed by atoms with van der Waals surface area (Å²) in [4.78, 5) is 11.9. The van der Waals surface area contributed by atoms with Crippen molar-refractivity contribution >= 4 is 11.6 Å². The summed E-state index contributed by atoms with van der Waals surface area (Å²) in [6, 6.07) is 8.27. The molecule has 0 bridgehead atoms. The second-order valence-corrected chi connectivity index (χ2v) is 6.89. The maximum absolute atomic E-state index is 11.9. The molecule has 0 heterocycles. The molecule has 0 spiro atoms. The summed E-state index contributed by atoms with van der Waals surface area (Å²) in [6.07, 6.45) is 12.8. The van der Waals surface area contributed by atoms with E-state index in [2.05, 4.69) is 55.6 Å². The van der Waals surface area contributed by atoms with Crippen LogP contribution in [0.4, 0.5) is 0 Å². The molecule has 25 heavy (non-hydrogen) atoms. The van der Waals surface area contributed by atoms with Gasteiger partial charge in [-0.2, -0.15) is 5.10 Å². The van der Waals surface area contributed by atoms with Crippen LogP contribution in [0, 0.1) is 6.92 Å². The Kier molecular flexibility index (Phi) is 11.7. The Bertz CT molecular complexity index is 505. The van der Waals surface area contributed by atoms with Gasteiger partial charge in [0.15, 0.2) is 0 Å². The second-order valence-electron chi connectivity index (χ2n) is 6.89. The molecule has 0 radical (unpaired) electrons. The average molecular weight is 345 g/mol. The van der Waals surface area contributed by atoms with Crippen molar-refractivity contribution < 1.29 is 4.79 Å². The zero-order valence-electron chi connectivity index (χ0n) is 16.4. The smallest absolute Gasteiger partial charge is 0.240 e. The number of hydrogen-bond donors (Lipinski definition) is 1. The fourth-order valence-electron chi connectivity index (χ4n) is 2.88. The fraction of sp³-hybridized carbons (Fsp3) is 0.636. The van der Waals surface area contributed by atoms with E-state index in [1.807, 2.05) is 0 Å². The third-order valence-electron chi connectivity index (χ3n) is 4.54. The number of carbonyl (C=O) groups is 1. The van der Waals surface area contributed by atoms with Gasteiger partial charge in [-0.15, -0.1) is 0 Å². The van der Waals surface area contributed by atoms with Gasteiger partial charge in [-0.05, 0) is 25.3 Å². The molecule has 3 nitrogen and oxygen atoms in total. The third-order valence-corrected chi connectivity index (χ3v) is 4.54. The van der Waals surface area contributed by atoms with Crippen molar-refractivity contribution in [2.45, 2.75) is 91.4 Å². The van der Waals surface area contributed by atoms with Gasteiger partial charge in [-0.3, -0.25) is 4.79 Å². The number of hydrogen-bond acceptors (Lipinski definition) is 2. The van der Waals surface area contributed by atoms with Crippen LogP contribution >= 0.6 is 0 Å². The van der Waals surface area contributed by atoms with Crippen LogP contribution in [0.1, 0.15) is 95.6 Å². The molecule has 0 saturated heterocycles. The summed E-state index contributed by atoms with van der Waals surface area (Å²) in [7, 11) is 0. The summed E-state index contributed by atoms with van der Waals surface area (Å²) in [5, 5.41) is 4.32. The summed E-state index contributed by atoms with van der Waals surface area (Å²) in [5.74, 6) is 0.0287. The van der Waals surface area contributed by atoms with E-state index >= 15 is 0 Å². The lowest BCUT2D eigenvalue weighted by atomic mass is 10.1. The first kappa shape index (κ1) is 21.4. The highest BCUT2D eigenvalue weighted by Gasteiger charge is 2.04. The number of carbonyl (C=O) groups excluding carboxylic acids is 1. The van der Waals surface area contributed by atoms with E-state index in [-0.39, 0.29) is 5.91 Å². The molecule has 0 aliphatic rings. The van der Waals surface area contributed by atoms with Gasteiger partial charge in [0.1, 0.15) is 0 Å². The Labute approximate surface area is 154 Å². The summed E-state index contributed by atoms with van der Waals surface area (Å²) in [6.45, 7) is 6.38. The van der Waals surface area contributed by atoms with Crippen molar-refractivity contribution in [1.29, 1.82) is 0 Å². The molecule has 0 aromatic heterocycles. The molecule has 0 saturated carbocycles. The Morgan fingerprint density at radius 2 is 1.44 bits per heavy atom. The van der Waals surface area contributed by atoms with E-state index in [0.29, 0.717) is 6.42 Å². The van der Waals surface area contributed by atoms with E-state index in [1.165, 1.54) is 50.5 Å². The van der Waals surface area contributed by atoms with Gasteiger partial charge in [-0.1, -0.05) is 95.0 Å². The molecule has 1 rings (SSSR count). The number of benzene rings is 1. The molecule has 0 fully saturated rings. The van der Waals surface area contributed by atoms with Crippen LogP contribution in [0.15, 0.2) is 29.4 Å². The first-order chi connectivity index (χ1) is 12.2. The molecule has 0 atom stereocenters.